The molecule has 0 radical (unpaired) electrons. The van der Waals surface area contributed by atoms with Crippen molar-refractivity contribution >= 4 is 33.2 Å². The highest BCUT2D eigenvalue weighted by Crippen LogP contribution is 2.21. The van der Waals surface area contributed by atoms with Crippen LogP contribution in [0.15, 0.2) is 39.6 Å². The number of carbonyl (C=O) groups is 1. The molecular weight excluding hydrogens is 300 g/mol. The molecule has 2 aromatic rings. The van der Waals surface area contributed by atoms with E-state index in [9.17, 15) is 4.79 Å². The lowest BCUT2D eigenvalue weighted by atomic mass is 10.2. The summed E-state index contributed by atoms with van der Waals surface area (Å²) in [5.74, 6) is -0.0786. The second-order valence-electron chi connectivity index (χ2n) is 3.59. The molecule has 2 rings (SSSR count). The predicted molar refractivity (Wildman–Crippen MR) is 72.1 cm³/mol. The zero-order chi connectivity index (χ0) is 12.3. The van der Waals surface area contributed by atoms with Crippen LogP contribution in [-0.2, 0) is 0 Å². The van der Waals surface area contributed by atoms with Gasteiger partial charge in [-0.15, -0.1) is 11.3 Å². The number of carbonyl (C=O) groups excluding carboxylic acids is 1. The van der Waals surface area contributed by atoms with Crippen LogP contribution in [0.5, 0.6) is 0 Å². The van der Waals surface area contributed by atoms with E-state index in [4.69, 9.17) is 0 Å². The Labute approximate surface area is 112 Å². The van der Waals surface area contributed by atoms with E-state index >= 15 is 0 Å². The van der Waals surface area contributed by atoms with Crippen LogP contribution in [0.1, 0.15) is 29.0 Å². The Hall–Kier alpha value is -1.20. The number of rotatable bonds is 3. The van der Waals surface area contributed by atoms with E-state index in [2.05, 4.69) is 26.2 Å². The van der Waals surface area contributed by atoms with Crippen LogP contribution < -0.4 is 5.32 Å². The zero-order valence-electron chi connectivity index (χ0n) is 9.18. The zero-order valence-corrected chi connectivity index (χ0v) is 11.6. The molecule has 17 heavy (non-hydrogen) atoms. The molecule has 0 fully saturated rings. The van der Waals surface area contributed by atoms with Gasteiger partial charge in [-0.3, -0.25) is 9.78 Å². The Kier molecular flexibility index (Phi) is 3.91. The van der Waals surface area contributed by atoms with E-state index in [1.807, 2.05) is 36.6 Å². The van der Waals surface area contributed by atoms with Gasteiger partial charge in [-0.2, -0.15) is 0 Å². The Bertz CT molecular complexity index is 512. The summed E-state index contributed by atoms with van der Waals surface area (Å²) in [5.41, 5.74) is 1.53. The SMILES string of the molecule is CC(NC(=O)c1csc(Br)c1)c1ccccn1. The fraction of sp³-hybridized carbons (Fsp3) is 0.167. The number of hydrogen-bond acceptors (Lipinski definition) is 3. The first-order valence-corrected chi connectivity index (χ1v) is 6.80. The van der Waals surface area contributed by atoms with Gasteiger partial charge in [-0.25, -0.2) is 0 Å². The molecule has 0 bridgehead atoms. The monoisotopic (exact) mass is 310 g/mol. The Morgan fingerprint density at radius 2 is 2.35 bits per heavy atom. The Balaban J connectivity index is 2.04. The Morgan fingerprint density at radius 3 is 2.94 bits per heavy atom. The van der Waals surface area contributed by atoms with E-state index in [0.29, 0.717) is 5.56 Å². The van der Waals surface area contributed by atoms with Crippen molar-refractivity contribution < 1.29 is 4.79 Å². The largest absolute Gasteiger partial charge is 0.344 e. The summed E-state index contributed by atoms with van der Waals surface area (Å²) in [6.07, 6.45) is 1.72. The smallest absolute Gasteiger partial charge is 0.252 e. The van der Waals surface area contributed by atoms with Gasteiger partial charge in [-0.1, -0.05) is 6.07 Å². The summed E-state index contributed by atoms with van der Waals surface area (Å²) in [7, 11) is 0. The topological polar surface area (TPSA) is 42.0 Å². The molecule has 0 saturated carbocycles. The highest BCUT2D eigenvalue weighted by molar-refractivity contribution is 9.11. The lowest BCUT2D eigenvalue weighted by Crippen LogP contribution is -2.26. The van der Waals surface area contributed by atoms with Gasteiger partial charge in [0.15, 0.2) is 0 Å². The van der Waals surface area contributed by atoms with E-state index in [0.717, 1.165) is 9.48 Å². The molecule has 2 heterocycles. The molecule has 0 aliphatic heterocycles. The van der Waals surface area contributed by atoms with Crippen LogP contribution in [0.25, 0.3) is 0 Å². The number of nitrogens with one attached hydrogen (secondary N) is 1. The number of amides is 1. The Morgan fingerprint density at radius 1 is 1.53 bits per heavy atom. The maximum Gasteiger partial charge on any atom is 0.252 e. The van der Waals surface area contributed by atoms with Gasteiger partial charge in [0.05, 0.1) is 21.1 Å². The summed E-state index contributed by atoms with van der Waals surface area (Å²) in [5, 5.41) is 4.73. The van der Waals surface area contributed by atoms with Gasteiger partial charge in [0.2, 0.25) is 0 Å². The second-order valence-corrected chi connectivity index (χ2v) is 5.88. The predicted octanol–water partition coefficient (Wildman–Crippen LogP) is 3.40. The number of pyridine rings is 1. The molecule has 1 N–H and O–H groups in total. The molecule has 88 valence electrons. The number of hydrogen-bond donors (Lipinski definition) is 1. The normalized spacial score (nSPS) is 12.1. The van der Waals surface area contributed by atoms with Crippen molar-refractivity contribution in [3.63, 3.8) is 0 Å². The second kappa shape index (κ2) is 5.42. The van der Waals surface area contributed by atoms with E-state index in [1.165, 1.54) is 11.3 Å². The molecule has 0 aliphatic carbocycles. The van der Waals surface area contributed by atoms with Gasteiger partial charge in [0.25, 0.3) is 5.91 Å². The average molecular weight is 311 g/mol. The minimum Gasteiger partial charge on any atom is -0.344 e. The van der Waals surface area contributed by atoms with Crippen molar-refractivity contribution in [2.24, 2.45) is 0 Å². The van der Waals surface area contributed by atoms with E-state index < -0.39 is 0 Å². The van der Waals surface area contributed by atoms with Crippen molar-refractivity contribution in [1.29, 1.82) is 0 Å². The summed E-state index contributed by atoms with van der Waals surface area (Å²) in [6, 6.07) is 7.38. The molecule has 0 aliphatic rings. The van der Waals surface area contributed by atoms with Crippen molar-refractivity contribution in [1.82, 2.24) is 10.3 Å². The van der Waals surface area contributed by atoms with Crippen LogP contribution in [0.2, 0.25) is 0 Å². The molecule has 3 nitrogen and oxygen atoms in total. The molecule has 5 heteroatoms. The van der Waals surface area contributed by atoms with Crippen LogP contribution in [0.4, 0.5) is 0 Å². The number of nitrogens with zero attached hydrogens (tertiary/aromatic N) is 1. The van der Waals surface area contributed by atoms with Gasteiger partial charge in [0, 0.05) is 11.6 Å². The maximum atomic E-state index is 11.9. The van der Waals surface area contributed by atoms with Gasteiger partial charge in [-0.05, 0) is 41.1 Å². The molecule has 2 aromatic heterocycles. The van der Waals surface area contributed by atoms with Crippen LogP contribution in [0, 0.1) is 0 Å². The summed E-state index contributed by atoms with van der Waals surface area (Å²) in [4.78, 5) is 16.1. The number of halogens is 1. The third kappa shape index (κ3) is 3.14. The molecule has 0 spiro atoms. The molecule has 1 amide bonds. The quantitative estimate of drug-likeness (QED) is 0.944. The molecule has 0 aromatic carbocycles. The number of thiophene rings is 1. The minimum absolute atomic E-state index is 0.0786. The number of aromatic nitrogens is 1. The summed E-state index contributed by atoms with van der Waals surface area (Å²) in [6.45, 7) is 1.92. The first-order valence-electron chi connectivity index (χ1n) is 5.12. The first-order chi connectivity index (χ1) is 8.16. The summed E-state index contributed by atoms with van der Waals surface area (Å²) < 4.78 is 0.952. The molecule has 0 saturated heterocycles. The van der Waals surface area contributed by atoms with E-state index in [1.54, 1.807) is 6.20 Å². The minimum atomic E-state index is -0.0950. The summed E-state index contributed by atoms with van der Waals surface area (Å²) >= 11 is 4.83. The van der Waals surface area contributed by atoms with Crippen molar-refractivity contribution in [2.45, 2.75) is 13.0 Å². The van der Waals surface area contributed by atoms with Crippen LogP contribution in [0.3, 0.4) is 0 Å². The third-order valence-electron chi connectivity index (χ3n) is 2.31. The molecule has 1 unspecified atom stereocenters. The van der Waals surface area contributed by atoms with E-state index in [-0.39, 0.29) is 11.9 Å². The van der Waals surface area contributed by atoms with Gasteiger partial charge in [0.1, 0.15) is 0 Å². The fourth-order valence-corrected chi connectivity index (χ4v) is 2.55. The lowest BCUT2D eigenvalue weighted by Gasteiger charge is -2.12. The highest BCUT2D eigenvalue weighted by Gasteiger charge is 2.13. The first kappa shape index (κ1) is 12.3. The standard InChI is InChI=1S/C12H11BrN2OS/c1-8(10-4-2-3-5-14-10)15-12(16)9-6-11(13)17-7-9/h2-8H,1H3,(H,15,16). The van der Waals surface area contributed by atoms with Gasteiger partial charge >= 0.3 is 0 Å². The van der Waals surface area contributed by atoms with Crippen LogP contribution in [-0.4, -0.2) is 10.9 Å². The average Bonchev–Trinajstić information content (AvgIpc) is 2.77. The van der Waals surface area contributed by atoms with Crippen molar-refractivity contribution in [3.05, 3.63) is 50.9 Å². The van der Waals surface area contributed by atoms with Crippen molar-refractivity contribution in [3.8, 4) is 0 Å². The molecule has 1 atom stereocenters. The van der Waals surface area contributed by atoms with Crippen LogP contribution >= 0.6 is 27.3 Å². The van der Waals surface area contributed by atoms with Crippen molar-refractivity contribution in [2.75, 3.05) is 0 Å². The molecular formula is C12H11BrN2OS. The maximum absolute atomic E-state index is 11.9. The fourth-order valence-electron chi connectivity index (χ4n) is 1.42. The van der Waals surface area contributed by atoms with Gasteiger partial charge < -0.3 is 5.32 Å². The third-order valence-corrected chi connectivity index (χ3v) is 3.81. The highest BCUT2D eigenvalue weighted by atomic mass is 79.9. The lowest BCUT2D eigenvalue weighted by molar-refractivity contribution is 0.0939.